The Morgan fingerprint density at radius 3 is 1.46 bits per heavy atom. The van der Waals surface area contributed by atoms with Gasteiger partial charge in [-0.15, -0.1) is 0 Å². The number of rotatable bonds is 7. The van der Waals surface area contributed by atoms with E-state index in [1.165, 1.54) is 0 Å². The Labute approximate surface area is 328 Å². The minimum absolute atomic E-state index is 0.591. The Hall–Kier alpha value is -7.83. The lowest BCUT2D eigenvalue weighted by Gasteiger charge is -2.25. The molecule has 0 N–H and O–H groups in total. The van der Waals surface area contributed by atoms with Crippen molar-refractivity contribution in [3.05, 3.63) is 194 Å². The monoisotopic (exact) mass is 732 g/mol. The number of benzene rings is 8. The Kier molecular flexibility index (Phi) is 7.71. The lowest BCUT2D eigenvalue weighted by Crippen LogP contribution is -2.09. The van der Waals surface area contributed by atoms with Crippen LogP contribution in [0.2, 0.25) is 0 Å². The van der Waals surface area contributed by atoms with Gasteiger partial charge in [-0.2, -0.15) is 0 Å². The van der Waals surface area contributed by atoms with E-state index in [2.05, 4.69) is 108 Å². The number of para-hydroxylation sites is 2. The topological polar surface area (TPSA) is 68.2 Å². The van der Waals surface area contributed by atoms with Gasteiger partial charge in [0.15, 0.2) is 17.5 Å². The molecule has 0 spiro atoms. The summed E-state index contributed by atoms with van der Waals surface area (Å²) >= 11 is 0. The van der Waals surface area contributed by atoms with Crippen LogP contribution in [-0.4, -0.2) is 15.0 Å². The average Bonchev–Trinajstić information content (AvgIpc) is 3.85. The SMILES string of the molecule is c1ccc(-c2nc(-c3ccccc3)nc(-c3ccc4c(c3)oc3ccc(-c5ccc(N(c6ccccc6)c6ccc7c(c6)oc6ccccc67)cc5)cc34)n2)cc1. The van der Waals surface area contributed by atoms with Gasteiger partial charge in [0.05, 0.1) is 0 Å². The van der Waals surface area contributed by atoms with Gasteiger partial charge in [0.1, 0.15) is 22.3 Å². The van der Waals surface area contributed by atoms with Crippen molar-refractivity contribution in [2.24, 2.45) is 0 Å². The summed E-state index contributed by atoms with van der Waals surface area (Å²) in [5.74, 6) is 1.84. The van der Waals surface area contributed by atoms with Gasteiger partial charge in [0, 0.05) is 61.4 Å². The minimum atomic E-state index is 0.591. The fourth-order valence-electron chi connectivity index (χ4n) is 7.71. The van der Waals surface area contributed by atoms with Crippen molar-refractivity contribution >= 4 is 60.9 Å². The molecule has 0 aliphatic rings. The fraction of sp³-hybridized carbons (Fsp3) is 0. The van der Waals surface area contributed by atoms with Gasteiger partial charge in [-0.25, -0.2) is 15.0 Å². The van der Waals surface area contributed by atoms with Gasteiger partial charge in [0.25, 0.3) is 0 Å². The predicted octanol–water partition coefficient (Wildman–Crippen LogP) is 13.8. The van der Waals surface area contributed by atoms with Crippen LogP contribution in [0.3, 0.4) is 0 Å². The normalized spacial score (nSPS) is 11.5. The summed E-state index contributed by atoms with van der Waals surface area (Å²) in [6, 6.07) is 66.4. The van der Waals surface area contributed by atoms with E-state index in [4.69, 9.17) is 23.8 Å². The molecule has 0 atom stereocenters. The highest BCUT2D eigenvalue weighted by Gasteiger charge is 2.18. The smallest absolute Gasteiger partial charge is 0.164 e. The molecule has 0 unspecified atom stereocenters. The van der Waals surface area contributed by atoms with Crippen LogP contribution in [0.1, 0.15) is 0 Å². The summed E-state index contributed by atoms with van der Waals surface area (Å²) in [7, 11) is 0. The van der Waals surface area contributed by atoms with E-state index in [-0.39, 0.29) is 0 Å². The first-order valence-electron chi connectivity index (χ1n) is 18.9. The molecule has 57 heavy (non-hydrogen) atoms. The first kappa shape index (κ1) is 32.6. The summed E-state index contributed by atoms with van der Waals surface area (Å²) in [4.78, 5) is 17.0. The van der Waals surface area contributed by atoms with Gasteiger partial charge in [-0.3, -0.25) is 0 Å². The van der Waals surface area contributed by atoms with E-state index < -0.39 is 0 Å². The largest absolute Gasteiger partial charge is 0.456 e. The summed E-state index contributed by atoms with van der Waals surface area (Å²) in [5, 5.41) is 4.31. The molecule has 268 valence electrons. The van der Waals surface area contributed by atoms with Crippen molar-refractivity contribution < 1.29 is 8.83 Å². The maximum atomic E-state index is 6.45. The van der Waals surface area contributed by atoms with Gasteiger partial charge in [0.2, 0.25) is 0 Å². The highest BCUT2D eigenvalue weighted by molar-refractivity contribution is 6.08. The Morgan fingerprint density at radius 2 is 0.754 bits per heavy atom. The lowest BCUT2D eigenvalue weighted by molar-refractivity contribution is 0.668. The molecule has 8 aromatic carbocycles. The summed E-state index contributed by atoms with van der Waals surface area (Å²) < 4.78 is 12.7. The Bertz CT molecular complexity index is 3170. The van der Waals surface area contributed by atoms with Crippen LogP contribution in [-0.2, 0) is 0 Å². The van der Waals surface area contributed by atoms with E-state index in [1.54, 1.807) is 0 Å². The third-order valence-corrected chi connectivity index (χ3v) is 10.5. The van der Waals surface area contributed by atoms with Crippen molar-refractivity contribution in [2.75, 3.05) is 4.90 Å². The molecule has 0 saturated carbocycles. The molecule has 3 heterocycles. The number of aromatic nitrogens is 3. The number of furan rings is 2. The molecule has 0 aliphatic carbocycles. The Morgan fingerprint density at radius 1 is 0.281 bits per heavy atom. The van der Waals surface area contributed by atoms with Crippen molar-refractivity contribution in [1.82, 2.24) is 15.0 Å². The fourth-order valence-corrected chi connectivity index (χ4v) is 7.71. The van der Waals surface area contributed by atoms with E-state index in [0.29, 0.717) is 17.5 Å². The van der Waals surface area contributed by atoms with Crippen LogP contribution in [0.4, 0.5) is 17.1 Å². The maximum absolute atomic E-state index is 6.45. The molecule has 0 amide bonds. The summed E-state index contributed by atoms with van der Waals surface area (Å²) in [5.41, 5.74) is 11.4. The number of fused-ring (bicyclic) bond motifs is 6. The number of nitrogens with zero attached hydrogens (tertiary/aromatic N) is 4. The lowest BCUT2D eigenvalue weighted by atomic mass is 10.0. The standard InChI is InChI=1S/C51H32N4O2/c1-4-12-34(13-5-1)49-52-50(35-14-6-2-7-15-35)54-51(53-49)37-22-27-43-44-30-36(23-29-46(44)57-47(43)31-37)33-20-24-39(25-21-33)55(38-16-8-3-9-17-38)40-26-28-42-41-18-10-11-19-45(41)56-48(42)32-40/h1-32H. The highest BCUT2D eigenvalue weighted by atomic mass is 16.3. The first-order valence-corrected chi connectivity index (χ1v) is 18.9. The van der Waals surface area contributed by atoms with Crippen LogP contribution in [0.25, 0.3) is 89.2 Å². The van der Waals surface area contributed by atoms with Crippen LogP contribution >= 0.6 is 0 Å². The summed E-state index contributed by atoms with van der Waals surface area (Å²) in [6.07, 6.45) is 0. The van der Waals surface area contributed by atoms with E-state index >= 15 is 0 Å². The molecule has 3 aromatic heterocycles. The van der Waals surface area contributed by atoms with Crippen LogP contribution in [0, 0.1) is 0 Å². The molecule has 0 radical (unpaired) electrons. The Balaban J connectivity index is 0.943. The quantitative estimate of drug-likeness (QED) is 0.162. The number of hydrogen-bond donors (Lipinski definition) is 0. The maximum Gasteiger partial charge on any atom is 0.164 e. The second-order valence-electron chi connectivity index (χ2n) is 14.1. The van der Waals surface area contributed by atoms with Gasteiger partial charge >= 0.3 is 0 Å². The van der Waals surface area contributed by atoms with Crippen molar-refractivity contribution in [2.45, 2.75) is 0 Å². The van der Waals surface area contributed by atoms with Crippen LogP contribution < -0.4 is 4.90 Å². The zero-order valence-corrected chi connectivity index (χ0v) is 30.6. The number of hydrogen-bond acceptors (Lipinski definition) is 6. The molecule has 6 heteroatoms. The van der Waals surface area contributed by atoms with E-state index in [0.717, 1.165) is 88.8 Å². The summed E-state index contributed by atoms with van der Waals surface area (Å²) in [6.45, 7) is 0. The molecule has 0 saturated heterocycles. The van der Waals surface area contributed by atoms with Crippen LogP contribution in [0.5, 0.6) is 0 Å². The minimum Gasteiger partial charge on any atom is -0.456 e. The van der Waals surface area contributed by atoms with Crippen molar-refractivity contribution in [1.29, 1.82) is 0 Å². The average molecular weight is 733 g/mol. The van der Waals surface area contributed by atoms with E-state index in [9.17, 15) is 0 Å². The molecule has 6 nitrogen and oxygen atoms in total. The zero-order valence-electron chi connectivity index (χ0n) is 30.6. The predicted molar refractivity (Wildman–Crippen MR) is 231 cm³/mol. The van der Waals surface area contributed by atoms with Crippen molar-refractivity contribution in [3.63, 3.8) is 0 Å². The second kappa shape index (κ2) is 13.5. The first-order chi connectivity index (χ1) is 28.2. The van der Waals surface area contributed by atoms with Gasteiger partial charge in [-0.1, -0.05) is 121 Å². The van der Waals surface area contributed by atoms with Gasteiger partial charge < -0.3 is 13.7 Å². The molecule has 0 bridgehead atoms. The van der Waals surface area contributed by atoms with E-state index in [1.807, 2.05) is 91.0 Å². The number of anilines is 3. The molecule has 0 fully saturated rings. The second-order valence-corrected chi connectivity index (χ2v) is 14.1. The molecular weight excluding hydrogens is 701 g/mol. The third kappa shape index (κ3) is 5.88. The molecular formula is C51H32N4O2. The highest BCUT2D eigenvalue weighted by Crippen LogP contribution is 2.40. The third-order valence-electron chi connectivity index (χ3n) is 10.5. The molecule has 0 aliphatic heterocycles. The van der Waals surface area contributed by atoms with Gasteiger partial charge in [-0.05, 0) is 77.9 Å². The van der Waals surface area contributed by atoms with Crippen LogP contribution in [0.15, 0.2) is 203 Å². The zero-order chi connectivity index (χ0) is 37.7. The molecule has 11 rings (SSSR count). The van der Waals surface area contributed by atoms with Crippen molar-refractivity contribution in [3.8, 4) is 45.3 Å². The molecule has 11 aromatic rings.